The SMILES string of the molecule is c1ccc(CC(NN2CCOCC2)[C@H]2OCOCO[C@H]2C(Cc2ccccc2)NN2CCOCC2)cc1. The van der Waals surface area contributed by atoms with Gasteiger partial charge in [0.25, 0.3) is 0 Å². The molecule has 3 fully saturated rings. The third kappa shape index (κ3) is 8.03. The summed E-state index contributed by atoms with van der Waals surface area (Å²) in [4.78, 5) is 0. The first kappa shape index (κ1) is 26.7. The molecule has 0 amide bonds. The first-order valence-corrected chi connectivity index (χ1v) is 13.4. The molecule has 0 aromatic heterocycles. The zero-order valence-electron chi connectivity index (χ0n) is 21.5. The Hall–Kier alpha value is -1.92. The standard InChI is InChI=1S/C28H40N4O5/c1-3-7-23(8-4-1)19-25(29-31-11-15-33-16-12-31)27-28(37-22-35-21-36-27)26(20-24-9-5-2-6-10-24)30-32-13-17-34-18-14-32/h1-10,25-30H,11-22H2/t25?,26?,27-,28+. The fraction of sp³-hybridized carbons (Fsp3) is 0.571. The Balaban J connectivity index is 1.41. The maximum absolute atomic E-state index is 6.45. The molecule has 0 aliphatic carbocycles. The van der Waals surface area contributed by atoms with Crippen LogP contribution in [0.25, 0.3) is 0 Å². The van der Waals surface area contributed by atoms with E-state index in [-0.39, 0.29) is 37.9 Å². The minimum atomic E-state index is -0.243. The van der Waals surface area contributed by atoms with Gasteiger partial charge in [-0.15, -0.1) is 0 Å². The lowest BCUT2D eigenvalue weighted by Gasteiger charge is -2.41. The predicted octanol–water partition coefficient (Wildman–Crippen LogP) is 1.60. The van der Waals surface area contributed by atoms with Gasteiger partial charge < -0.3 is 23.7 Å². The van der Waals surface area contributed by atoms with Crippen LogP contribution in [0, 0.1) is 0 Å². The van der Waals surface area contributed by atoms with Crippen molar-refractivity contribution in [2.45, 2.75) is 37.1 Å². The van der Waals surface area contributed by atoms with Crippen molar-refractivity contribution in [1.82, 2.24) is 20.9 Å². The number of hydrogen-bond acceptors (Lipinski definition) is 9. The summed E-state index contributed by atoms with van der Waals surface area (Å²) in [7, 11) is 0. The monoisotopic (exact) mass is 512 g/mol. The summed E-state index contributed by atoms with van der Waals surface area (Å²) >= 11 is 0. The van der Waals surface area contributed by atoms with Crippen molar-refractivity contribution >= 4 is 0 Å². The summed E-state index contributed by atoms with van der Waals surface area (Å²) < 4.78 is 29.7. The zero-order valence-corrected chi connectivity index (χ0v) is 21.5. The van der Waals surface area contributed by atoms with Gasteiger partial charge in [-0.2, -0.15) is 0 Å². The summed E-state index contributed by atoms with van der Waals surface area (Å²) in [5, 5.41) is 4.51. The first-order chi connectivity index (χ1) is 18.3. The van der Waals surface area contributed by atoms with Gasteiger partial charge in [-0.3, -0.25) is 0 Å². The molecular formula is C28H40N4O5. The van der Waals surface area contributed by atoms with E-state index in [2.05, 4.69) is 81.5 Å². The van der Waals surface area contributed by atoms with Crippen LogP contribution in [-0.4, -0.2) is 101 Å². The molecule has 2 aromatic rings. The van der Waals surface area contributed by atoms with Crippen molar-refractivity contribution in [3.8, 4) is 0 Å². The van der Waals surface area contributed by atoms with E-state index in [1.165, 1.54) is 11.1 Å². The summed E-state index contributed by atoms with van der Waals surface area (Å²) in [6, 6.07) is 21.1. The van der Waals surface area contributed by atoms with Crippen molar-refractivity contribution in [2.24, 2.45) is 0 Å². The molecule has 4 atom stereocenters. The number of hydrazine groups is 2. The van der Waals surface area contributed by atoms with Gasteiger partial charge in [0.1, 0.15) is 25.8 Å². The molecule has 0 saturated carbocycles. The van der Waals surface area contributed by atoms with Crippen LogP contribution in [0.2, 0.25) is 0 Å². The van der Waals surface area contributed by atoms with Crippen molar-refractivity contribution < 1.29 is 23.7 Å². The van der Waals surface area contributed by atoms with Gasteiger partial charge in [-0.25, -0.2) is 20.9 Å². The number of hydrogen-bond donors (Lipinski definition) is 2. The molecular weight excluding hydrogens is 472 g/mol. The van der Waals surface area contributed by atoms with Crippen LogP contribution in [0.15, 0.2) is 60.7 Å². The molecule has 0 bridgehead atoms. The van der Waals surface area contributed by atoms with Gasteiger partial charge in [0, 0.05) is 26.2 Å². The van der Waals surface area contributed by atoms with E-state index in [1.807, 2.05) is 0 Å². The second-order valence-corrected chi connectivity index (χ2v) is 9.75. The molecule has 37 heavy (non-hydrogen) atoms. The number of benzene rings is 2. The quantitative estimate of drug-likeness (QED) is 0.494. The summed E-state index contributed by atoms with van der Waals surface area (Å²) in [5.41, 5.74) is 10.1. The van der Waals surface area contributed by atoms with E-state index in [1.54, 1.807) is 0 Å². The van der Waals surface area contributed by atoms with Crippen LogP contribution in [-0.2, 0) is 36.5 Å². The van der Waals surface area contributed by atoms with Crippen LogP contribution >= 0.6 is 0 Å². The van der Waals surface area contributed by atoms with E-state index >= 15 is 0 Å². The third-order valence-electron chi connectivity index (χ3n) is 7.12. The molecule has 2 N–H and O–H groups in total. The molecule has 2 unspecified atom stereocenters. The van der Waals surface area contributed by atoms with E-state index in [9.17, 15) is 0 Å². The van der Waals surface area contributed by atoms with Crippen molar-refractivity contribution in [1.29, 1.82) is 0 Å². The molecule has 3 aliphatic heterocycles. The van der Waals surface area contributed by atoms with Crippen LogP contribution in [0.3, 0.4) is 0 Å². The van der Waals surface area contributed by atoms with Crippen LogP contribution in [0.4, 0.5) is 0 Å². The van der Waals surface area contributed by atoms with Gasteiger partial charge in [0.05, 0.1) is 38.5 Å². The molecule has 3 aliphatic rings. The smallest absolute Gasteiger partial charge is 0.150 e. The molecule has 9 heteroatoms. The highest BCUT2D eigenvalue weighted by Gasteiger charge is 2.40. The van der Waals surface area contributed by atoms with Gasteiger partial charge in [0.2, 0.25) is 0 Å². The van der Waals surface area contributed by atoms with Gasteiger partial charge in [0.15, 0.2) is 0 Å². The van der Waals surface area contributed by atoms with E-state index in [0.29, 0.717) is 0 Å². The fourth-order valence-corrected chi connectivity index (χ4v) is 5.23. The fourth-order valence-electron chi connectivity index (χ4n) is 5.23. The van der Waals surface area contributed by atoms with Crippen molar-refractivity contribution in [3.63, 3.8) is 0 Å². The first-order valence-electron chi connectivity index (χ1n) is 13.4. The number of nitrogens with zero attached hydrogens (tertiary/aromatic N) is 2. The molecule has 0 radical (unpaired) electrons. The lowest BCUT2D eigenvalue weighted by Crippen LogP contribution is -2.63. The molecule has 2 aromatic carbocycles. The Bertz CT molecular complexity index is 822. The zero-order chi connectivity index (χ0) is 25.1. The number of nitrogens with one attached hydrogen (secondary N) is 2. The van der Waals surface area contributed by atoms with Gasteiger partial charge in [-0.05, 0) is 24.0 Å². The molecule has 9 nitrogen and oxygen atoms in total. The molecule has 0 spiro atoms. The van der Waals surface area contributed by atoms with Gasteiger partial charge >= 0.3 is 0 Å². The summed E-state index contributed by atoms with van der Waals surface area (Å²) in [6.07, 6.45) is 1.12. The van der Waals surface area contributed by atoms with Crippen molar-refractivity contribution in [3.05, 3.63) is 71.8 Å². The highest BCUT2D eigenvalue weighted by molar-refractivity contribution is 5.18. The lowest BCUT2D eigenvalue weighted by atomic mass is 9.91. The van der Waals surface area contributed by atoms with Crippen molar-refractivity contribution in [2.75, 3.05) is 66.2 Å². The average molecular weight is 513 g/mol. The maximum atomic E-state index is 6.45. The second kappa shape index (κ2) is 14.3. The third-order valence-corrected chi connectivity index (χ3v) is 7.12. The highest BCUT2D eigenvalue weighted by Crippen LogP contribution is 2.23. The van der Waals surface area contributed by atoms with E-state index in [4.69, 9.17) is 23.7 Å². The number of morpholine rings is 2. The van der Waals surface area contributed by atoms with Crippen LogP contribution < -0.4 is 10.9 Å². The Morgan fingerprint density at radius 2 is 1.00 bits per heavy atom. The topological polar surface area (TPSA) is 76.7 Å². The van der Waals surface area contributed by atoms with Crippen LogP contribution in [0.5, 0.6) is 0 Å². The lowest BCUT2D eigenvalue weighted by molar-refractivity contribution is -0.101. The normalized spacial score (nSPS) is 25.8. The Kier molecular flexibility index (Phi) is 10.3. The average Bonchev–Trinajstić information content (AvgIpc) is 3.21. The maximum Gasteiger partial charge on any atom is 0.150 e. The molecule has 202 valence electrons. The van der Waals surface area contributed by atoms with E-state index in [0.717, 1.165) is 65.4 Å². The number of ether oxygens (including phenoxy) is 5. The predicted molar refractivity (Wildman–Crippen MR) is 139 cm³/mol. The van der Waals surface area contributed by atoms with E-state index < -0.39 is 0 Å². The molecule has 3 saturated heterocycles. The van der Waals surface area contributed by atoms with Gasteiger partial charge in [-0.1, -0.05) is 60.7 Å². The highest BCUT2D eigenvalue weighted by atomic mass is 16.8. The van der Waals surface area contributed by atoms with Crippen LogP contribution in [0.1, 0.15) is 11.1 Å². The molecule has 5 rings (SSSR count). The number of rotatable bonds is 10. The minimum absolute atomic E-state index is 0.0167. The minimum Gasteiger partial charge on any atom is -0.379 e. The Morgan fingerprint density at radius 3 is 1.41 bits per heavy atom. The second-order valence-electron chi connectivity index (χ2n) is 9.75. The Labute approximate surface area is 219 Å². The Morgan fingerprint density at radius 1 is 0.595 bits per heavy atom. The molecule has 3 heterocycles. The summed E-state index contributed by atoms with van der Waals surface area (Å²) in [6.45, 7) is 6.60. The summed E-state index contributed by atoms with van der Waals surface area (Å²) in [5.74, 6) is 0. The largest absolute Gasteiger partial charge is 0.379 e.